The number of hydrogen-bond donors (Lipinski definition) is 0. The second-order valence-corrected chi connectivity index (χ2v) is 7.86. The Balaban J connectivity index is 1.75. The van der Waals surface area contributed by atoms with Gasteiger partial charge in [-0.15, -0.1) is 11.3 Å². The van der Waals surface area contributed by atoms with Crippen LogP contribution in [0.1, 0.15) is 60.9 Å². The van der Waals surface area contributed by atoms with Gasteiger partial charge in [-0.05, 0) is 26.0 Å². The predicted molar refractivity (Wildman–Crippen MR) is 91.4 cm³/mol. The molecule has 3 rings (SSSR count). The molecule has 0 N–H and O–H groups in total. The lowest BCUT2D eigenvalue weighted by Gasteiger charge is -2.11. The number of nitrogens with zero attached hydrogens (tertiary/aromatic N) is 3. The third-order valence-corrected chi connectivity index (χ3v) is 4.45. The summed E-state index contributed by atoms with van der Waals surface area (Å²) in [6, 6.07) is 3.57. The standard InChI is InChI=1S/C17H19N3O4S/c1-9(13-19-16(20-24-13)17(3,4)5)23-15(21)12-10(2)25-14(18-12)11-7-6-8-22-11/h6-9H,1-5H3. The van der Waals surface area contributed by atoms with Gasteiger partial charge in [0.05, 0.1) is 6.26 Å². The summed E-state index contributed by atoms with van der Waals surface area (Å²) in [5.74, 6) is 0.911. The molecule has 132 valence electrons. The topological polar surface area (TPSA) is 91.2 Å². The van der Waals surface area contributed by atoms with Crippen molar-refractivity contribution in [2.24, 2.45) is 0 Å². The molecule has 3 aromatic rings. The number of carbonyl (C=O) groups excluding carboxylic acids is 1. The number of carbonyl (C=O) groups is 1. The van der Waals surface area contributed by atoms with Crippen molar-refractivity contribution in [2.45, 2.75) is 46.1 Å². The van der Waals surface area contributed by atoms with Crippen LogP contribution in [0.15, 0.2) is 27.3 Å². The molecule has 0 aliphatic rings. The van der Waals surface area contributed by atoms with Gasteiger partial charge in [0.1, 0.15) is 0 Å². The molecule has 0 aromatic carbocycles. The quantitative estimate of drug-likeness (QED) is 0.639. The van der Waals surface area contributed by atoms with Crippen molar-refractivity contribution >= 4 is 17.3 Å². The van der Waals surface area contributed by atoms with Gasteiger partial charge in [0, 0.05) is 10.3 Å². The van der Waals surface area contributed by atoms with Crippen LogP contribution in [0.25, 0.3) is 10.8 Å². The second-order valence-electron chi connectivity index (χ2n) is 6.65. The molecule has 0 saturated heterocycles. The van der Waals surface area contributed by atoms with Gasteiger partial charge in [-0.1, -0.05) is 25.9 Å². The van der Waals surface area contributed by atoms with E-state index in [0.717, 1.165) is 4.88 Å². The van der Waals surface area contributed by atoms with E-state index >= 15 is 0 Å². The number of thiazole rings is 1. The molecule has 3 aromatic heterocycles. The molecule has 3 heterocycles. The van der Waals surface area contributed by atoms with E-state index in [9.17, 15) is 4.79 Å². The van der Waals surface area contributed by atoms with E-state index in [1.165, 1.54) is 11.3 Å². The highest BCUT2D eigenvalue weighted by molar-refractivity contribution is 7.15. The van der Waals surface area contributed by atoms with Gasteiger partial charge in [-0.2, -0.15) is 4.98 Å². The zero-order valence-electron chi connectivity index (χ0n) is 14.7. The van der Waals surface area contributed by atoms with Crippen molar-refractivity contribution in [3.05, 3.63) is 40.7 Å². The van der Waals surface area contributed by atoms with Crippen molar-refractivity contribution in [1.82, 2.24) is 15.1 Å². The number of rotatable bonds is 4. The second kappa shape index (κ2) is 6.44. The fraction of sp³-hybridized carbons (Fsp3) is 0.412. The normalized spacial score (nSPS) is 13.0. The molecule has 0 bridgehead atoms. The van der Waals surface area contributed by atoms with Crippen LogP contribution in [-0.4, -0.2) is 21.1 Å². The maximum absolute atomic E-state index is 12.4. The Hall–Kier alpha value is -2.48. The third-order valence-electron chi connectivity index (χ3n) is 3.47. The fourth-order valence-corrected chi connectivity index (χ4v) is 2.93. The molecule has 0 radical (unpaired) electrons. The van der Waals surface area contributed by atoms with Crippen molar-refractivity contribution in [2.75, 3.05) is 0 Å². The van der Waals surface area contributed by atoms with E-state index in [1.54, 1.807) is 25.3 Å². The van der Waals surface area contributed by atoms with Crippen LogP contribution in [0.2, 0.25) is 0 Å². The first-order valence-corrected chi connectivity index (χ1v) is 8.63. The predicted octanol–water partition coefficient (Wildman–Crippen LogP) is 4.31. The highest BCUT2D eigenvalue weighted by atomic mass is 32.1. The van der Waals surface area contributed by atoms with Crippen LogP contribution in [0.5, 0.6) is 0 Å². The zero-order valence-corrected chi connectivity index (χ0v) is 15.5. The van der Waals surface area contributed by atoms with E-state index in [2.05, 4.69) is 15.1 Å². The van der Waals surface area contributed by atoms with Gasteiger partial charge >= 0.3 is 5.97 Å². The van der Waals surface area contributed by atoms with Crippen LogP contribution < -0.4 is 0 Å². The van der Waals surface area contributed by atoms with Crippen LogP contribution in [0.4, 0.5) is 0 Å². The number of aromatic nitrogens is 3. The van der Waals surface area contributed by atoms with Crippen molar-refractivity contribution in [1.29, 1.82) is 0 Å². The van der Waals surface area contributed by atoms with E-state index in [4.69, 9.17) is 13.7 Å². The van der Waals surface area contributed by atoms with E-state index in [0.29, 0.717) is 16.6 Å². The number of furan rings is 1. The number of hydrogen-bond acceptors (Lipinski definition) is 8. The molecule has 0 saturated carbocycles. The lowest BCUT2D eigenvalue weighted by atomic mass is 9.96. The van der Waals surface area contributed by atoms with Crippen LogP contribution in [-0.2, 0) is 10.2 Å². The maximum Gasteiger partial charge on any atom is 0.358 e. The minimum Gasteiger partial charge on any atom is -0.462 e. The average molecular weight is 361 g/mol. The summed E-state index contributed by atoms with van der Waals surface area (Å²) in [6.45, 7) is 9.44. The number of ether oxygens (including phenoxy) is 1. The monoisotopic (exact) mass is 361 g/mol. The summed E-state index contributed by atoms with van der Waals surface area (Å²) in [4.78, 5) is 21.8. The Labute approximate surface area is 149 Å². The van der Waals surface area contributed by atoms with Gasteiger partial charge < -0.3 is 13.7 Å². The highest BCUT2D eigenvalue weighted by Crippen LogP contribution is 2.29. The number of aryl methyl sites for hydroxylation is 1. The van der Waals surface area contributed by atoms with E-state index < -0.39 is 12.1 Å². The van der Waals surface area contributed by atoms with Crippen LogP contribution in [0.3, 0.4) is 0 Å². The van der Waals surface area contributed by atoms with E-state index in [-0.39, 0.29) is 17.0 Å². The summed E-state index contributed by atoms with van der Waals surface area (Å²) in [7, 11) is 0. The summed E-state index contributed by atoms with van der Waals surface area (Å²) in [6.07, 6.45) is 0.901. The molecule has 8 heteroatoms. The Morgan fingerprint density at radius 2 is 2.08 bits per heavy atom. The van der Waals surface area contributed by atoms with Gasteiger partial charge in [-0.3, -0.25) is 0 Å². The molecular formula is C17H19N3O4S. The summed E-state index contributed by atoms with van der Waals surface area (Å²) in [5, 5.41) is 4.57. The molecule has 0 spiro atoms. The molecule has 0 amide bonds. The first-order chi connectivity index (χ1) is 11.8. The first-order valence-electron chi connectivity index (χ1n) is 7.82. The molecule has 0 aliphatic carbocycles. The van der Waals surface area contributed by atoms with Crippen molar-refractivity contribution in [3.8, 4) is 10.8 Å². The molecule has 0 aliphatic heterocycles. The van der Waals surface area contributed by atoms with Crippen LogP contribution >= 0.6 is 11.3 Å². The third kappa shape index (κ3) is 3.63. The van der Waals surface area contributed by atoms with Gasteiger partial charge in [0.2, 0.25) is 0 Å². The minimum atomic E-state index is -0.663. The summed E-state index contributed by atoms with van der Waals surface area (Å²) in [5.41, 5.74) is 0.0216. The van der Waals surface area contributed by atoms with Crippen molar-refractivity contribution < 1.29 is 18.5 Å². The Bertz CT molecular complexity index is 874. The van der Waals surface area contributed by atoms with Gasteiger partial charge in [0.25, 0.3) is 5.89 Å². The smallest absolute Gasteiger partial charge is 0.358 e. The molecular weight excluding hydrogens is 342 g/mol. The van der Waals surface area contributed by atoms with Crippen LogP contribution in [0, 0.1) is 6.92 Å². The molecule has 1 atom stereocenters. The average Bonchev–Trinajstić information content (AvgIpc) is 3.26. The molecule has 7 nitrogen and oxygen atoms in total. The maximum atomic E-state index is 12.4. The largest absolute Gasteiger partial charge is 0.462 e. The lowest BCUT2D eigenvalue weighted by molar-refractivity contribution is 0.0259. The lowest BCUT2D eigenvalue weighted by Crippen LogP contribution is -2.14. The Morgan fingerprint density at radius 3 is 2.68 bits per heavy atom. The number of esters is 1. The molecule has 1 unspecified atom stereocenters. The fourth-order valence-electron chi connectivity index (χ4n) is 2.06. The minimum absolute atomic E-state index is 0.241. The SMILES string of the molecule is Cc1sc(-c2ccco2)nc1C(=O)OC(C)c1nc(C(C)(C)C)no1. The Kier molecular flexibility index (Phi) is 4.47. The summed E-state index contributed by atoms with van der Waals surface area (Å²) < 4.78 is 16.0. The summed E-state index contributed by atoms with van der Waals surface area (Å²) >= 11 is 1.37. The highest BCUT2D eigenvalue weighted by Gasteiger charge is 2.26. The van der Waals surface area contributed by atoms with Crippen molar-refractivity contribution in [3.63, 3.8) is 0 Å². The molecule has 25 heavy (non-hydrogen) atoms. The van der Waals surface area contributed by atoms with Gasteiger partial charge in [0.15, 0.2) is 28.4 Å². The zero-order chi connectivity index (χ0) is 18.2. The molecule has 0 fully saturated rings. The first kappa shape index (κ1) is 17.3. The van der Waals surface area contributed by atoms with Gasteiger partial charge in [-0.25, -0.2) is 9.78 Å². The Morgan fingerprint density at radius 1 is 1.32 bits per heavy atom. The van der Waals surface area contributed by atoms with E-state index in [1.807, 2.05) is 27.7 Å².